The number of hydrogen-bond donors (Lipinski definition) is 1. The Hall–Kier alpha value is -3.35. The second-order valence-electron chi connectivity index (χ2n) is 7.21. The van der Waals surface area contributed by atoms with Crippen molar-refractivity contribution in [2.24, 2.45) is 0 Å². The molecule has 9 heteroatoms. The maximum atomic E-state index is 13.0. The van der Waals surface area contributed by atoms with Gasteiger partial charge in [0.05, 0.1) is 12.0 Å². The number of thiocarbonyl (C=S) groups is 1. The van der Waals surface area contributed by atoms with Gasteiger partial charge in [0.1, 0.15) is 27.5 Å². The van der Waals surface area contributed by atoms with E-state index < -0.39 is 0 Å². The van der Waals surface area contributed by atoms with Crippen molar-refractivity contribution in [1.29, 1.82) is 5.26 Å². The van der Waals surface area contributed by atoms with Gasteiger partial charge in [0.2, 0.25) is 0 Å². The topological polar surface area (TPSA) is 87.4 Å². The number of carbonyl (C=O) groups is 1. The number of nitrogens with zero attached hydrogens (tertiary/aromatic N) is 3. The zero-order valence-electron chi connectivity index (χ0n) is 18.7. The summed E-state index contributed by atoms with van der Waals surface area (Å²) in [5, 5.41) is 13.0. The first-order chi connectivity index (χ1) is 15.9. The number of methoxy groups -OCH3 is 1. The summed E-state index contributed by atoms with van der Waals surface area (Å²) in [6.07, 6.45) is 3.33. The highest BCUT2D eigenvalue weighted by atomic mass is 32.2. The number of amides is 1. The Labute approximate surface area is 202 Å². The first-order valence-corrected chi connectivity index (χ1v) is 11.5. The molecule has 1 aromatic heterocycles. The van der Waals surface area contributed by atoms with Crippen LogP contribution in [0.2, 0.25) is 0 Å². The second-order valence-corrected chi connectivity index (χ2v) is 8.88. The summed E-state index contributed by atoms with van der Waals surface area (Å²) in [5.41, 5.74) is 1.79. The Bertz CT molecular complexity index is 1240. The third-order valence-electron chi connectivity index (χ3n) is 5.27. The molecule has 1 N–H and O–H groups in total. The number of ether oxygens (including phenoxy) is 1. The van der Waals surface area contributed by atoms with Crippen molar-refractivity contribution < 1.29 is 9.53 Å². The Morgan fingerprint density at radius 1 is 1.30 bits per heavy atom. The monoisotopic (exact) mass is 480 g/mol. The van der Waals surface area contributed by atoms with E-state index >= 15 is 0 Å². The van der Waals surface area contributed by atoms with Crippen LogP contribution >= 0.6 is 24.0 Å². The smallest absolute Gasteiger partial charge is 0.270 e. The van der Waals surface area contributed by atoms with Crippen molar-refractivity contribution >= 4 is 46.1 Å². The van der Waals surface area contributed by atoms with Gasteiger partial charge in [-0.2, -0.15) is 5.26 Å². The molecule has 0 aliphatic carbocycles. The number of rotatable bonds is 8. The van der Waals surface area contributed by atoms with Crippen LogP contribution in [0.4, 0.5) is 5.82 Å². The molecule has 0 bridgehead atoms. The van der Waals surface area contributed by atoms with Gasteiger partial charge in [-0.3, -0.25) is 19.1 Å². The number of aromatic nitrogens is 1. The van der Waals surface area contributed by atoms with E-state index in [-0.39, 0.29) is 17.0 Å². The van der Waals surface area contributed by atoms with Crippen molar-refractivity contribution in [2.45, 2.75) is 26.9 Å². The number of nitriles is 1. The van der Waals surface area contributed by atoms with E-state index in [1.807, 2.05) is 37.3 Å². The Morgan fingerprint density at radius 3 is 2.58 bits per heavy atom. The van der Waals surface area contributed by atoms with Gasteiger partial charge in [-0.05, 0) is 43.2 Å². The molecular weight excluding hydrogens is 456 g/mol. The molecule has 0 saturated carbocycles. The van der Waals surface area contributed by atoms with E-state index in [1.165, 1.54) is 21.2 Å². The first kappa shape index (κ1) is 24.3. The number of nitrogens with one attached hydrogen (secondary N) is 1. The fraction of sp³-hybridized carbons (Fsp3) is 0.250. The summed E-state index contributed by atoms with van der Waals surface area (Å²) in [7, 11) is 1.61. The molecule has 1 saturated heterocycles. The highest BCUT2D eigenvalue weighted by Gasteiger charge is 2.32. The molecule has 0 unspecified atom stereocenters. The van der Waals surface area contributed by atoms with E-state index in [2.05, 4.69) is 11.9 Å². The van der Waals surface area contributed by atoms with E-state index in [9.17, 15) is 14.9 Å². The van der Waals surface area contributed by atoms with Gasteiger partial charge < -0.3 is 10.1 Å². The molecule has 0 atom stereocenters. The number of hydrogen-bond acceptors (Lipinski definition) is 7. The number of carbonyl (C=O) groups excluding carboxylic acids is 1. The predicted octanol–water partition coefficient (Wildman–Crippen LogP) is 4.06. The van der Waals surface area contributed by atoms with Crippen LogP contribution in [0.15, 0.2) is 46.6 Å². The Balaban J connectivity index is 2.10. The maximum absolute atomic E-state index is 13.0. The number of benzene rings is 1. The molecule has 3 rings (SSSR count). The summed E-state index contributed by atoms with van der Waals surface area (Å²) in [6.45, 7) is 8.35. The van der Waals surface area contributed by atoms with Crippen LogP contribution in [0, 0.1) is 18.3 Å². The van der Waals surface area contributed by atoms with Gasteiger partial charge in [-0.15, -0.1) is 6.58 Å². The average molecular weight is 481 g/mol. The third kappa shape index (κ3) is 4.87. The summed E-state index contributed by atoms with van der Waals surface area (Å²) in [5.74, 6) is 1.07. The fourth-order valence-electron chi connectivity index (χ4n) is 3.50. The van der Waals surface area contributed by atoms with Crippen LogP contribution in [0.1, 0.15) is 29.2 Å². The molecule has 2 aromatic rings. The molecule has 1 aliphatic heterocycles. The van der Waals surface area contributed by atoms with Crippen LogP contribution in [0.3, 0.4) is 0 Å². The standard InChI is InChI=1S/C24H24N4O3S2/c1-5-11-28-23(30)20(33-24(28)32)12-18-15(3)19(13-25)22(29)27(6-2)21(18)26-14-16-7-9-17(31-4)10-8-16/h5,7-10,12,26H,1,6,11,14H2,2-4H3/b20-12+. The lowest BCUT2D eigenvalue weighted by Gasteiger charge is -2.19. The highest BCUT2D eigenvalue weighted by Crippen LogP contribution is 2.35. The highest BCUT2D eigenvalue weighted by molar-refractivity contribution is 8.26. The Morgan fingerprint density at radius 2 is 2.00 bits per heavy atom. The zero-order valence-corrected chi connectivity index (χ0v) is 20.3. The van der Waals surface area contributed by atoms with E-state index in [0.29, 0.717) is 45.8 Å². The summed E-state index contributed by atoms with van der Waals surface area (Å²) in [4.78, 5) is 27.8. The van der Waals surface area contributed by atoms with Crippen molar-refractivity contribution in [3.8, 4) is 11.8 Å². The van der Waals surface area contributed by atoms with E-state index in [1.54, 1.807) is 26.2 Å². The number of pyridine rings is 1. The third-order valence-corrected chi connectivity index (χ3v) is 6.65. The van der Waals surface area contributed by atoms with E-state index in [4.69, 9.17) is 17.0 Å². The van der Waals surface area contributed by atoms with Gasteiger partial charge in [-0.1, -0.05) is 42.2 Å². The molecule has 7 nitrogen and oxygen atoms in total. The molecule has 0 radical (unpaired) electrons. The van der Waals surface area contributed by atoms with Crippen LogP contribution in [0.25, 0.3) is 6.08 Å². The normalized spacial score (nSPS) is 14.5. The molecule has 33 heavy (non-hydrogen) atoms. The quantitative estimate of drug-likeness (QED) is 0.346. The summed E-state index contributed by atoms with van der Waals surface area (Å²) >= 11 is 6.53. The minimum absolute atomic E-state index is 0.0552. The van der Waals surface area contributed by atoms with Crippen LogP contribution in [-0.4, -0.2) is 33.3 Å². The summed E-state index contributed by atoms with van der Waals surface area (Å²) < 4.78 is 7.17. The van der Waals surface area contributed by atoms with Gasteiger partial charge in [0, 0.05) is 25.2 Å². The molecular formula is C24H24N4O3S2. The van der Waals surface area contributed by atoms with Gasteiger partial charge in [-0.25, -0.2) is 0 Å². The molecule has 170 valence electrons. The van der Waals surface area contributed by atoms with E-state index in [0.717, 1.165) is 11.3 Å². The molecule has 1 aromatic carbocycles. The molecule has 0 spiro atoms. The molecule has 1 amide bonds. The number of anilines is 1. The lowest BCUT2D eigenvalue weighted by Crippen LogP contribution is -2.28. The molecule has 1 aliphatic rings. The predicted molar refractivity (Wildman–Crippen MR) is 136 cm³/mol. The largest absolute Gasteiger partial charge is 0.497 e. The van der Waals surface area contributed by atoms with Crippen molar-refractivity contribution in [3.05, 3.63) is 74.4 Å². The molecule has 1 fully saturated rings. The minimum atomic E-state index is -0.369. The first-order valence-electron chi connectivity index (χ1n) is 10.3. The Kier molecular flexibility index (Phi) is 7.74. The minimum Gasteiger partial charge on any atom is -0.497 e. The maximum Gasteiger partial charge on any atom is 0.270 e. The number of thioether (sulfide) groups is 1. The van der Waals surface area contributed by atoms with Crippen molar-refractivity contribution in [1.82, 2.24) is 9.47 Å². The summed E-state index contributed by atoms with van der Waals surface area (Å²) in [6, 6.07) is 9.60. The van der Waals surface area contributed by atoms with Crippen molar-refractivity contribution in [2.75, 3.05) is 19.0 Å². The van der Waals surface area contributed by atoms with Crippen LogP contribution in [-0.2, 0) is 17.9 Å². The van der Waals surface area contributed by atoms with Crippen molar-refractivity contribution in [3.63, 3.8) is 0 Å². The second kappa shape index (κ2) is 10.5. The van der Waals surface area contributed by atoms with Crippen LogP contribution in [0.5, 0.6) is 5.75 Å². The van der Waals surface area contributed by atoms with Gasteiger partial charge >= 0.3 is 0 Å². The van der Waals surface area contributed by atoms with Crippen LogP contribution < -0.4 is 15.6 Å². The van der Waals surface area contributed by atoms with Gasteiger partial charge in [0.15, 0.2) is 0 Å². The lowest BCUT2D eigenvalue weighted by molar-refractivity contribution is -0.121. The average Bonchev–Trinajstić information content (AvgIpc) is 3.08. The lowest BCUT2D eigenvalue weighted by atomic mass is 10.0. The molecule has 2 heterocycles. The fourth-order valence-corrected chi connectivity index (χ4v) is 4.76. The SMILES string of the molecule is C=CCN1C(=O)/C(=C\c2c(C)c(C#N)c(=O)n(CC)c2NCc2ccc(OC)cc2)SC1=S. The van der Waals surface area contributed by atoms with Gasteiger partial charge in [0.25, 0.3) is 11.5 Å². The zero-order chi connectivity index (χ0) is 24.1.